The van der Waals surface area contributed by atoms with Gasteiger partial charge in [-0.2, -0.15) is 0 Å². The summed E-state index contributed by atoms with van der Waals surface area (Å²) in [6, 6.07) is 0. The summed E-state index contributed by atoms with van der Waals surface area (Å²) in [4.78, 5) is 15.7. The Morgan fingerprint density at radius 1 is 1.07 bits per heavy atom. The van der Waals surface area contributed by atoms with Gasteiger partial charge in [0, 0.05) is 16.4 Å². The van der Waals surface area contributed by atoms with Gasteiger partial charge in [-0.3, -0.25) is 4.79 Å². The molecule has 4 aliphatic carbocycles. The minimum Gasteiger partial charge on any atom is -0.481 e. The zero-order chi connectivity index (χ0) is 32.8. The molecule has 1 aliphatic heterocycles. The molecule has 5 aliphatic rings. The normalized spacial score (nSPS) is 47.4. The van der Waals surface area contributed by atoms with E-state index < -0.39 is 5.97 Å². The standard InChI is InChI=1S/C39H67NO4/c1-24(2)27(6)34(7)18-19-36(9)28-14-15-30-35(8)21-43-23-39(30,29(28)16-17-37(36,10)31(34)33(41)42)20-26(5)32(35)44-22-38(11,25(3)4)40(12)13/h16,24-28,30-32H,14-15,17-23H2,1-13H3,(H,41,42)/t26-,27-,28+,30+,31-,32+,34-,35+,36-,37+,38+,39+/m1/s1. The van der Waals surface area contributed by atoms with Crippen LogP contribution in [0.2, 0.25) is 0 Å². The van der Waals surface area contributed by atoms with Gasteiger partial charge in [0.05, 0.1) is 31.8 Å². The Hall–Kier alpha value is -0.910. The fourth-order valence-electron chi connectivity index (χ4n) is 12.4. The molecular weight excluding hydrogens is 546 g/mol. The molecule has 3 saturated carbocycles. The van der Waals surface area contributed by atoms with Gasteiger partial charge >= 0.3 is 5.97 Å². The van der Waals surface area contributed by atoms with Crippen LogP contribution in [0, 0.1) is 68.5 Å². The largest absolute Gasteiger partial charge is 0.481 e. The lowest BCUT2D eigenvalue weighted by atomic mass is 9.34. The Morgan fingerprint density at radius 2 is 1.73 bits per heavy atom. The number of carbonyl (C=O) groups is 1. The fourth-order valence-corrected chi connectivity index (χ4v) is 12.4. The first-order valence-electron chi connectivity index (χ1n) is 18.1. The molecule has 0 unspecified atom stereocenters. The molecule has 5 heteroatoms. The first-order valence-corrected chi connectivity index (χ1v) is 18.1. The summed E-state index contributed by atoms with van der Waals surface area (Å²) >= 11 is 0. The molecule has 1 heterocycles. The molecular formula is C39H67NO4. The van der Waals surface area contributed by atoms with E-state index in [0.29, 0.717) is 35.5 Å². The average molecular weight is 614 g/mol. The van der Waals surface area contributed by atoms with Gasteiger partial charge in [-0.1, -0.05) is 80.9 Å². The highest BCUT2D eigenvalue weighted by Gasteiger charge is 2.71. The molecule has 252 valence electrons. The lowest BCUT2D eigenvalue weighted by molar-refractivity contribution is -0.255. The van der Waals surface area contributed by atoms with Crippen molar-refractivity contribution in [2.75, 3.05) is 33.9 Å². The summed E-state index contributed by atoms with van der Waals surface area (Å²) in [5.74, 6) is 1.78. The van der Waals surface area contributed by atoms with Crippen molar-refractivity contribution in [2.45, 2.75) is 126 Å². The summed E-state index contributed by atoms with van der Waals surface area (Å²) in [5.41, 5.74) is 1.10. The molecule has 4 fully saturated rings. The molecule has 5 rings (SSSR count). The Balaban J connectivity index is 1.52. The molecule has 12 atom stereocenters. The molecule has 5 nitrogen and oxygen atoms in total. The predicted octanol–water partition coefficient (Wildman–Crippen LogP) is 8.57. The lowest BCUT2D eigenvalue weighted by Gasteiger charge is -2.71. The molecule has 1 N–H and O–H groups in total. The van der Waals surface area contributed by atoms with Crippen molar-refractivity contribution in [1.82, 2.24) is 4.90 Å². The second-order valence-electron chi connectivity index (χ2n) is 18.7. The Morgan fingerprint density at radius 3 is 2.30 bits per heavy atom. The smallest absolute Gasteiger partial charge is 0.307 e. The van der Waals surface area contributed by atoms with Crippen molar-refractivity contribution in [3.63, 3.8) is 0 Å². The first-order chi connectivity index (χ1) is 20.3. The van der Waals surface area contributed by atoms with Crippen molar-refractivity contribution < 1.29 is 19.4 Å². The Labute approximate surface area is 270 Å². The number of fused-ring (bicyclic) bond motifs is 3. The number of carboxylic acid groups (broad SMARTS) is 1. The maximum atomic E-state index is 13.3. The number of ether oxygens (including phenoxy) is 2. The van der Waals surface area contributed by atoms with E-state index in [9.17, 15) is 9.90 Å². The number of carboxylic acids is 1. The molecule has 2 bridgehead atoms. The summed E-state index contributed by atoms with van der Waals surface area (Å²) in [6.45, 7) is 28.2. The van der Waals surface area contributed by atoms with Gasteiger partial charge in [-0.25, -0.2) is 0 Å². The van der Waals surface area contributed by atoms with E-state index in [0.717, 1.165) is 51.9 Å². The number of aliphatic carboxylic acids is 1. The van der Waals surface area contributed by atoms with Crippen LogP contribution in [0.5, 0.6) is 0 Å². The third kappa shape index (κ3) is 4.50. The quantitative estimate of drug-likeness (QED) is 0.278. The minimum atomic E-state index is -0.580. The van der Waals surface area contributed by atoms with Gasteiger partial charge in [0.15, 0.2) is 0 Å². The maximum absolute atomic E-state index is 13.3. The third-order valence-corrected chi connectivity index (χ3v) is 16.2. The summed E-state index contributed by atoms with van der Waals surface area (Å²) < 4.78 is 13.7. The van der Waals surface area contributed by atoms with E-state index in [1.807, 2.05) is 0 Å². The van der Waals surface area contributed by atoms with Gasteiger partial charge in [0.2, 0.25) is 0 Å². The van der Waals surface area contributed by atoms with Crippen LogP contribution in [0.1, 0.15) is 115 Å². The van der Waals surface area contributed by atoms with E-state index in [4.69, 9.17) is 9.47 Å². The Bertz CT molecular complexity index is 1140. The van der Waals surface area contributed by atoms with Crippen molar-refractivity contribution >= 4 is 5.97 Å². The van der Waals surface area contributed by atoms with Gasteiger partial charge in [-0.15, -0.1) is 0 Å². The number of rotatable bonds is 8. The zero-order valence-electron chi connectivity index (χ0n) is 30.7. The average Bonchev–Trinajstić information content (AvgIpc) is 2.92. The topological polar surface area (TPSA) is 59.0 Å². The van der Waals surface area contributed by atoms with Crippen molar-refractivity contribution in [1.29, 1.82) is 0 Å². The van der Waals surface area contributed by atoms with Gasteiger partial charge in [0.25, 0.3) is 0 Å². The maximum Gasteiger partial charge on any atom is 0.307 e. The lowest BCUT2D eigenvalue weighted by Crippen LogP contribution is -2.69. The molecule has 44 heavy (non-hydrogen) atoms. The van der Waals surface area contributed by atoms with E-state index in [1.54, 1.807) is 5.57 Å². The van der Waals surface area contributed by atoms with E-state index >= 15 is 0 Å². The van der Waals surface area contributed by atoms with E-state index in [-0.39, 0.29) is 44.6 Å². The highest BCUT2D eigenvalue weighted by atomic mass is 16.5. The monoisotopic (exact) mass is 614 g/mol. The number of hydrogen-bond acceptors (Lipinski definition) is 4. The van der Waals surface area contributed by atoms with Crippen LogP contribution in [0.4, 0.5) is 0 Å². The van der Waals surface area contributed by atoms with E-state index in [1.165, 1.54) is 6.42 Å². The summed E-state index contributed by atoms with van der Waals surface area (Å²) in [6.07, 6.45) is 9.17. The van der Waals surface area contributed by atoms with Crippen LogP contribution in [0.15, 0.2) is 11.6 Å². The highest BCUT2D eigenvalue weighted by Crippen LogP contribution is 2.75. The van der Waals surface area contributed by atoms with Crippen LogP contribution < -0.4 is 0 Å². The van der Waals surface area contributed by atoms with E-state index in [2.05, 4.69) is 101 Å². The molecule has 0 amide bonds. The van der Waals surface area contributed by atoms with Gasteiger partial charge in [0.1, 0.15) is 0 Å². The molecule has 0 aromatic rings. The van der Waals surface area contributed by atoms with Crippen molar-refractivity contribution in [3.05, 3.63) is 11.6 Å². The van der Waals surface area contributed by atoms with Crippen LogP contribution in [0.3, 0.4) is 0 Å². The number of likely N-dealkylation sites (N-methyl/N-ethyl adjacent to an activating group) is 1. The fraction of sp³-hybridized carbons (Fsp3) is 0.923. The third-order valence-electron chi connectivity index (χ3n) is 16.2. The zero-order valence-corrected chi connectivity index (χ0v) is 30.7. The second kappa shape index (κ2) is 11.1. The van der Waals surface area contributed by atoms with Crippen LogP contribution >= 0.6 is 0 Å². The predicted molar refractivity (Wildman–Crippen MR) is 179 cm³/mol. The van der Waals surface area contributed by atoms with Crippen LogP contribution in [-0.2, 0) is 14.3 Å². The number of nitrogens with zero attached hydrogens (tertiary/aromatic N) is 1. The van der Waals surface area contributed by atoms with Crippen molar-refractivity contribution in [3.8, 4) is 0 Å². The molecule has 0 aromatic heterocycles. The summed E-state index contributed by atoms with van der Waals surface area (Å²) in [5, 5.41) is 11.0. The summed E-state index contributed by atoms with van der Waals surface area (Å²) in [7, 11) is 4.36. The number of hydrogen-bond donors (Lipinski definition) is 1. The highest BCUT2D eigenvalue weighted by molar-refractivity contribution is 5.73. The van der Waals surface area contributed by atoms with Crippen molar-refractivity contribution in [2.24, 2.45) is 68.5 Å². The second-order valence-corrected chi connectivity index (χ2v) is 18.7. The molecule has 0 aromatic carbocycles. The molecule has 0 spiro atoms. The SMILES string of the molecule is CC(C)[C@@H](C)[C@@]1(C)CC[C@]2(C)[C@H]3CC[C@@H]4[C@@]5(COC[C@]4(C)[C@@H](OC[C@@](C)(C(C)C)N(C)C)[C@H](C)C5)C3=CC[C@@]2(C)[C@@H]1C(=O)O. The molecule has 1 saturated heterocycles. The first kappa shape index (κ1) is 34.4. The number of allylic oxidation sites excluding steroid dienone is 1. The van der Waals surface area contributed by atoms with Gasteiger partial charge < -0.3 is 19.5 Å². The van der Waals surface area contributed by atoms with Crippen LogP contribution in [0.25, 0.3) is 0 Å². The minimum absolute atomic E-state index is 0.0218. The molecule has 0 radical (unpaired) electrons. The Kier molecular flexibility index (Phi) is 8.67. The van der Waals surface area contributed by atoms with Gasteiger partial charge in [-0.05, 0) is 111 Å². The van der Waals surface area contributed by atoms with Crippen LogP contribution in [-0.4, -0.2) is 61.5 Å².